The molecule has 1 aliphatic rings. The van der Waals surface area contributed by atoms with Gasteiger partial charge in [-0.25, -0.2) is 0 Å². The van der Waals surface area contributed by atoms with Crippen LogP contribution >= 0.6 is 27.7 Å². The maximum Gasteiger partial charge on any atom is 0.293 e. The number of carbonyl (C=O) groups is 2. The lowest BCUT2D eigenvalue weighted by Gasteiger charge is -2.08. The molecule has 31 heavy (non-hydrogen) atoms. The van der Waals surface area contributed by atoms with Crippen molar-refractivity contribution in [2.45, 2.75) is 13.5 Å². The fourth-order valence-corrected chi connectivity index (χ4v) is 4.62. The summed E-state index contributed by atoms with van der Waals surface area (Å²) >= 11 is 4.49. The third-order valence-electron chi connectivity index (χ3n) is 4.97. The quantitative estimate of drug-likeness (QED) is 0.296. The van der Waals surface area contributed by atoms with Crippen LogP contribution in [-0.4, -0.2) is 33.8 Å². The molecule has 2 heterocycles. The van der Waals surface area contributed by atoms with Gasteiger partial charge in [0.2, 0.25) is 0 Å². The number of fused-ring (bicyclic) bond motifs is 1. The molecule has 1 saturated heterocycles. The van der Waals surface area contributed by atoms with Crippen LogP contribution in [0.15, 0.2) is 70.7 Å². The molecular formula is C24H21BrN2O3S. The van der Waals surface area contributed by atoms with Crippen LogP contribution in [0.5, 0.6) is 5.75 Å². The summed E-state index contributed by atoms with van der Waals surface area (Å²) in [6, 6.07) is 14.0. The van der Waals surface area contributed by atoms with Crippen molar-refractivity contribution in [3.8, 4) is 5.75 Å². The van der Waals surface area contributed by atoms with Crippen LogP contribution in [0.25, 0.3) is 17.0 Å². The zero-order valence-corrected chi connectivity index (χ0v) is 19.4. The van der Waals surface area contributed by atoms with E-state index in [-0.39, 0.29) is 17.7 Å². The number of hydrogen-bond donors (Lipinski definition) is 0. The number of aromatic nitrogens is 1. The minimum atomic E-state index is -0.284. The molecular weight excluding hydrogens is 476 g/mol. The average Bonchev–Trinajstić information content (AvgIpc) is 3.21. The molecule has 4 rings (SSSR count). The van der Waals surface area contributed by atoms with Crippen molar-refractivity contribution in [2.24, 2.45) is 0 Å². The van der Waals surface area contributed by atoms with Gasteiger partial charge in [-0.05, 0) is 55.1 Å². The Hall–Kier alpha value is -2.77. The van der Waals surface area contributed by atoms with Crippen LogP contribution in [-0.2, 0) is 11.3 Å². The van der Waals surface area contributed by atoms with Crippen LogP contribution < -0.4 is 4.74 Å². The number of aryl methyl sites for hydroxylation is 1. The van der Waals surface area contributed by atoms with Crippen LogP contribution in [0.3, 0.4) is 0 Å². The number of nitrogens with zero attached hydrogens (tertiary/aromatic N) is 2. The van der Waals surface area contributed by atoms with E-state index in [1.165, 1.54) is 10.5 Å². The summed E-state index contributed by atoms with van der Waals surface area (Å²) in [6.07, 6.45) is 5.34. The lowest BCUT2D eigenvalue weighted by atomic mass is 10.1. The summed E-state index contributed by atoms with van der Waals surface area (Å²) in [6.45, 7) is 7.04. The number of halogens is 1. The molecule has 0 N–H and O–H groups in total. The fraction of sp³-hybridized carbons (Fsp3) is 0.167. The summed E-state index contributed by atoms with van der Waals surface area (Å²) in [4.78, 5) is 26.4. The molecule has 3 aromatic rings. The Kier molecular flexibility index (Phi) is 6.34. The molecule has 0 radical (unpaired) electrons. The number of carbonyl (C=O) groups excluding carboxylic acids is 2. The number of hydrogen-bond acceptors (Lipinski definition) is 4. The van der Waals surface area contributed by atoms with Gasteiger partial charge < -0.3 is 9.30 Å². The van der Waals surface area contributed by atoms with Gasteiger partial charge in [-0.15, -0.1) is 6.58 Å². The standard InChI is InChI=1S/C24H21BrN2O3S/c1-3-10-27-23(28)22(31-24(27)29)13-17-15-26(21-9-6-18(25)14-20(17)21)11-12-30-19-7-4-16(2)5-8-19/h3-9,13-15H,1,10-12H2,2H3/b22-13-. The van der Waals surface area contributed by atoms with E-state index in [0.717, 1.165) is 38.5 Å². The van der Waals surface area contributed by atoms with Gasteiger partial charge in [0, 0.05) is 33.7 Å². The van der Waals surface area contributed by atoms with Crippen molar-refractivity contribution in [3.05, 3.63) is 81.8 Å². The monoisotopic (exact) mass is 496 g/mol. The Bertz CT molecular complexity index is 1200. The number of benzene rings is 2. The van der Waals surface area contributed by atoms with E-state index >= 15 is 0 Å². The number of rotatable bonds is 7. The van der Waals surface area contributed by atoms with Crippen molar-refractivity contribution in [1.29, 1.82) is 0 Å². The van der Waals surface area contributed by atoms with Crippen LogP contribution in [0.4, 0.5) is 4.79 Å². The van der Waals surface area contributed by atoms with Crippen LogP contribution in [0.2, 0.25) is 0 Å². The van der Waals surface area contributed by atoms with Gasteiger partial charge >= 0.3 is 0 Å². The number of amides is 2. The Morgan fingerprint density at radius 3 is 2.68 bits per heavy atom. The van der Waals surface area contributed by atoms with E-state index in [9.17, 15) is 9.59 Å². The van der Waals surface area contributed by atoms with Crippen molar-refractivity contribution < 1.29 is 14.3 Å². The van der Waals surface area contributed by atoms with Crippen molar-refractivity contribution in [2.75, 3.05) is 13.2 Å². The van der Waals surface area contributed by atoms with Crippen molar-refractivity contribution >= 4 is 55.8 Å². The molecule has 0 unspecified atom stereocenters. The first kappa shape index (κ1) is 21.5. The molecule has 0 atom stereocenters. The molecule has 2 aromatic carbocycles. The molecule has 5 nitrogen and oxygen atoms in total. The molecule has 0 bridgehead atoms. The van der Waals surface area contributed by atoms with Crippen LogP contribution in [0, 0.1) is 6.92 Å². The summed E-state index contributed by atoms with van der Waals surface area (Å²) in [5.41, 5.74) is 3.11. The highest BCUT2D eigenvalue weighted by Gasteiger charge is 2.34. The van der Waals surface area contributed by atoms with E-state index < -0.39 is 0 Å². The molecule has 0 saturated carbocycles. The Labute approximate surface area is 193 Å². The fourth-order valence-electron chi connectivity index (χ4n) is 3.42. The normalized spacial score (nSPS) is 15.3. The van der Waals surface area contributed by atoms with Crippen molar-refractivity contribution in [3.63, 3.8) is 0 Å². The average molecular weight is 497 g/mol. The van der Waals surface area contributed by atoms with Crippen LogP contribution in [0.1, 0.15) is 11.1 Å². The molecule has 158 valence electrons. The number of ether oxygens (including phenoxy) is 1. The molecule has 2 amide bonds. The van der Waals surface area contributed by atoms with E-state index in [4.69, 9.17) is 4.74 Å². The van der Waals surface area contributed by atoms with E-state index in [0.29, 0.717) is 18.1 Å². The minimum absolute atomic E-state index is 0.214. The third kappa shape index (κ3) is 4.62. The van der Waals surface area contributed by atoms with Gasteiger partial charge in [0.1, 0.15) is 12.4 Å². The van der Waals surface area contributed by atoms with E-state index in [1.807, 2.05) is 55.6 Å². The van der Waals surface area contributed by atoms with Crippen molar-refractivity contribution in [1.82, 2.24) is 9.47 Å². The van der Waals surface area contributed by atoms with Gasteiger partial charge in [0.25, 0.3) is 11.1 Å². The van der Waals surface area contributed by atoms with Gasteiger partial charge in [0.05, 0.1) is 11.4 Å². The van der Waals surface area contributed by atoms with Gasteiger partial charge in [0.15, 0.2) is 0 Å². The summed E-state index contributed by atoms with van der Waals surface area (Å²) in [7, 11) is 0. The second-order valence-corrected chi connectivity index (χ2v) is 9.09. The topological polar surface area (TPSA) is 51.5 Å². The highest BCUT2D eigenvalue weighted by atomic mass is 79.9. The molecule has 0 spiro atoms. The third-order valence-corrected chi connectivity index (χ3v) is 6.37. The molecule has 7 heteroatoms. The number of imide groups is 1. The van der Waals surface area contributed by atoms with E-state index in [2.05, 4.69) is 27.1 Å². The lowest BCUT2D eigenvalue weighted by molar-refractivity contribution is -0.122. The second-order valence-electron chi connectivity index (χ2n) is 7.18. The summed E-state index contributed by atoms with van der Waals surface area (Å²) < 4.78 is 8.94. The lowest BCUT2D eigenvalue weighted by Crippen LogP contribution is -2.27. The maximum atomic E-state index is 12.6. The zero-order chi connectivity index (χ0) is 22.0. The van der Waals surface area contributed by atoms with Gasteiger partial charge in [-0.1, -0.05) is 39.7 Å². The first-order valence-corrected chi connectivity index (χ1v) is 11.4. The predicted molar refractivity (Wildman–Crippen MR) is 129 cm³/mol. The number of thioether (sulfide) groups is 1. The zero-order valence-electron chi connectivity index (χ0n) is 17.0. The van der Waals surface area contributed by atoms with Gasteiger partial charge in [-0.3, -0.25) is 14.5 Å². The smallest absolute Gasteiger partial charge is 0.293 e. The second kappa shape index (κ2) is 9.16. The first-order valence-electron chi connectivity index (χ1n) is 9.80. The Morgan fingerprint density at radius 2 is 1.94 bits per heavy atom. The Morgan fingerprint density at radius 1 is 1.16 bits per heavy atom. The highest BCUT2D eigenvalue weighted by molar-refractivity contribution is 9.10. The molecule has 1 fully saturated rings. The summed E-state index contributed by atoms with van der Waals surface area (Å²) in [5, 5.41) is 0.729. The largest absolute Gasteiger partial charge is 0.492 e. The predicted octanol–water partition coefficient (Wildman–Crippen LogP) is 6.01. The Balaban J connectivity index is 1.60. The first-order chi connectivity index (χ1) is 15.0. The summed E-state index contributed by atoms with van der Waals surface area (Å²) in [5.74, 6) is 0.550. The minimum Gasteiger partial charge on any atom is -0.492 e. The van der Waals surface area contributed by atoms with Gasteiger partial charge in [-0.2, -0.15) is 0 Å². The molecule has 1 aromatic heterocycles. The SMILES string of the molecule is C=CCN1C(=O)S/C(=C\c2cn(CCOc3ccc(C)cc3)c3ccc(Br)cc23)C1=O. The maximum absolute atomic E-state index is 12.6. The van der Waals surface area contributed by atoms with E-state index in [1.54, 1.807) is 12.2 Å². The molecule has 0 aliphatic carbocycles. The molecule has 1 aliphatic heterocycles. The highest BCUT2D eigenvalue weighted by Crippen LogP contribution is 2.34.